The molecule has 0 radical (unpaired) electrons. The van der Waals surface area contributed by atoms with E-state index in [2.05, 4.69) is 5.32 Å². The van der Waals surface area contributed by atoms with Gasteiger partial charge in [0, 0.05) is 45.7 Å². The Morgan fingerprint density at radius 3 is 2.79 bits per heavy atom. The molecule has 0 bridgehead atoms. The standard InChI is InChI=1S/C14H25N3O2/c1-4-17(5-2)14(18)12-16-8-6-13(11-16)10-15-7-9-19-3/h6,8,11,15H,4-5,7,9-10,12H2,1-3H3. The Bertz CT molecular complexity index is 373. The SMILES string of the molecule is CCN(CC)C(=O)Cn1ccc(CNCCOC)c1. The molecular weight excluding hydrogens is 242 g/mol. The molecule has 1 aromatic heterocycles. The molecule has 1 amide bonds. The van der Waals surface area contributed by atoms with Crippen molar-refractivity contribution >= 4 is 5.91 Å². The van der Waals surface area contributed by atoms with Crippen molar-refractivity contribution in [2.75, 3.05) is 33.4 Å². The van der Waals surface area contributed by atoms with Crippen molar-refractivity contribution in [1.29, 1.82) is 0 Å². The lowest BCUT2D eigenvalue weighted by Gasteiger charge is -2.18. The zero-order valence-electron chi connectivity index (χ0n) is 12.2. The number of likely N-dealkylation sites (N-methyl/N-ethyl adjacent to an activating group) is 1. The van der Waals surface area contributed by atoms with E-state index in [4.69, 9.17) is 4.74 Å². The van der Waals surface area contributed by atoms with Crippen LogP contribution in [0.1, 0.15) is 19.4 Å². The van der Waals surface area contributed by atoms with Crippen molar-refractivity contribution in [1.82, 2.24) is 14.8 Å². The summed E-state index contributed by atoms with van der Waals surface area (Å²) in [5.74, 6) is 0.166. The van der Waals surface area contributed by atoms with Crippen molar-refractivity contribution in [3.8, 4) is 0 Å². The van der Waals surface area contributed by atoms with Gasteiger partial charge in [-0.05, 0) is 25.5 Å². The van der Waals surface area contributed by atoms with E-state index >= 15 is 0 Å². The maximum Gasteiger partial charge on any atom is 0.242 e. The number of amides is 1. The summed E-state index contributed by atoms with van der Waals surface area (Å²) in [5, 5.41) is 3.28. The van der Waals surface area contributed by atoms with E-state index in [9.17, 15) is 4.79 Å². The minimum Gasteiger partial charge on any atom is -0.383 e. The van der Waals surface area contributed by atoms with Crippen LogP contribution in [0, 0.1) is 0 Å². The Morgan fingerprint density at radius 2 is 2.16 bits per heavy atom. The lowest BCUT2D eigenvalue weighted by molar-refractivity contribution is -0.131. The van der Waals surface area contributed by atoms with Crippen molar-refractivity contribution < 1.29 is 9.53 Å². The Kier molecular flexibility index (Phi) is 7.22. The van der Waals surface area contributed by atoms with Gasteiger partial charge in [0.05, 0.1) is 6.61 Å². The molecule has 108 valence electrons. The van der Waals surface area contributed by atoms with Gasteiger partial charge in [-0.15, -0.1) is 0 Å². The number of carbonyl (C=O) groups is 1. The Balaban J connectivity index is 2.39. The van der Waals surface area contributed by atoms with E-state index in [1.165, 1.54) is 5.56 Å². The predicted octanol–water partition coefficient (Wildman–Crippen LogP) is 1.09. The Labute approximate surface area is 115 Å². The summed E-state index contributed by atoms with van der Waals surface area (Å²) in [7, 11) is 1.69. The number of carbonyl (C=O) groups excluding carboxylic acids is 1. The molecule has 5 heteroatoms. The fourth-order valence-corrected chi connectivity index (χ4v) is 1.93. The van der Waals surface area contributed by atoms with Crippen molar-refractivity contribution in [2.45, 2.75) is 26.9 Å². The molecule has 1 N–H and O–H groups in total. The molecule has 0 aliphatic carbocycles. The monoisotopic (exact) mass is 267 g/mol. The molecule has 0 aliphatic rings. The van der Waals surface area contributed by atoms with Crippen LogP contribution in [0.15, 0.2) is 18.5 Å². The van der Waals surface area contributed by atoms with Gasteiger partial charge in [-0.3, -0.25) is 4.79 Å². The molecule has 19 heavy (non-hydrogen) atoms. The van der Waals surface area contributed by atoms with Crippen LogP contribution in [0.25, 0.3) is 0 Å². The van der Waals surface area contributed by atoms with E-state index in [1.54, 1.807) is 7.11 Å². The second-order valence-corrected chi connectivity index (χ2v) is 4.43. The van der Waals surface area contributed by atoms with Crippen LogP contribution >= 0.6 is 0 Å². The Morgan fingerprint density at radius 1 is 1.42 bits per heavy atom. The van der Waals surface area contributed by atoms with E-state index < -0.39 is 0 Å². The number of rotatable bonds is 9. The average molecular weight is 267 g/mol. The zero-order chi connectivity index (χ0) is 14.1. The van der Waals surface area contributed by atoms with Crippen LogP contribution < -0.4 is 5.32 Å². The molecule has 0 unspecified atom stereocenters. The molecule has 0 fully saturated rings. The van der Waals surface area contributed by atoms with E-state index in [-0.39, 0.29) is 5.91 Å². The average Bonchev–Trinajstić information content (AvgIpc) is 2.84. The number of hydrogen-bond acceptors (Lipinski definition) is 3. The van der Waals surface area contributed by atoms with Gasteiger partial charge in [0.25, 0.3) is 0 Å². The molecule has 1 rings (SSSR count). The summed E-state index contributed by atoms with van der Waals surface area (Å²) in [5.41, 5.74) is 1.18. The van der Waals surface area contributed by atoms with Crippen LogP contribution in [0.4, 0.5) is 0 Å². The molecule has 0 atom stereocenters. The smallest absolute Gasteiger partial charge is 0.242 e. The van der Waals surface area contributed by atoms with Gasteiger partial charge < -0.3 is 19.5 Å². The van der Waals surface area contributed by atoms with Crippen LogP contribution in [0.2, 0.25) is 0 Å². The fraction of sp³-hybridized carbons (Fsp3) is 0.643. The first kappa shape index (κ1) is 15.7. The predicted molar refractivity (Wildman–Crippen MR) is 75.9 cm³/mol. The van der Waals surface area contributed by atoms with Crippen LogP contribution in [0.3, 0.4) is 0 Å². The second kappa shape index (κ2) is 8.72. The number of nitrogens with one attached hydrogen (secondary N) is 1. The molecule has 0 aliphatic heterocycles. The number of ether oxygens (including phenoxy) is 1. The highest BCUT2D eigenvalue weighted by molar-refractivity contribution is 5.75. The molecule has 0 aromatic carbocycles. The highest BCUT2D eigenvalue weighted by atomic mass is 16.5. The molecular formula is C14H25N3O2. The minimum atomic E-state index is 0.166. The van der Waals surface area contributed by atoms with Crippen molar-refractivity contribution in [3.63, 3.8) is 0 Å². The van der Waals surface area contributed by atoms with Gasteiger partial charge in [0.15, 0.2) is 0 Å². The fourth-order valence-electron chi connectivity index (χ4n) is 1.93. The van der Waals surface area contributed by atoms with Gasteiger partial charge in [-0.2, -0.15) is 0 Å². The summed E-state index contributed by atoms with van der Waals surface area (Å²) in [6.07, 6.45) is 3.97. The lowest BCUT2D eigenvalue weighted by Crippen LogP contribution is -2.33. The minimum absolute atomic E-state index is 0.166. The number of methoxy groups -OCH3 is 1. The first-order valence-electron chi connectivity index (χ1n) is 6.83. The molecule has 1 heterocycles. The van der Waals surface area contributed by atoms with Gasteiger partial charge in [0.2, 0.25) is 5.91 Å². The summed E-state index contributed by atoms with van der Waals surface area (Å²) in [6, 6.07) is 2.04. The zero-order valence-corrected chi connectivity index (χ0v) is 12.2. The molecule has 0 saturated heterocycles. The van der Waals surface area contributed by atoms with E-state index in [0.29, 0.717) is 13.2 Å². The maximum atomic E-state index is 12.0. The third-order valence-corrected chi connectivity index (χ3v) is 3.06. The third-order valence-electron chi connectivity index (χ3n) is 3.06. The van der Waals surface area contributed by atoms with Gasteiger partial charge >= 0.3 is 0 Å². The molecule has 5 nitrogen and oxygen atoms in total. The number of hydrogen-bond donors (Lipinski definition) is 1. The summed E-state index contributed by atoms with van der Waals surface area (Å²) in [4.78, 5) is 13.8. The van der Waals surface area contributed by atoms with Crippen LogP contribution in [-0.4, -0.2) is 48.7 Å². The summed E-state index contributed by atoms with van der Waals surface area (Å²) >= 11 is 0. The lowest BCUT2D eigenvalue weighted by atomic mass is 10.3. The van der Waals surface area contributed by atoms with E-state index in [0.717, 1.165) is 26.2 Å². The van der Waals surface area contributed by atoms with Crippen molar-refractivity contribution in [3.05, 3.63) is 24.0 Å². The third kappa shape index (κ3) is 5.44. The molecule has 0 saturated carbocycles. The van der Waals surface area contributed by atoms with Crippen molar-refractivity contribution in [2.24, 2.45) is 0 Å². The van der Waals surface area contributed by atoms with Crippen LogP contribution in [0.5, 0.6) is 0 Å². The Hall–Kier alpha value is -1.33. The van der Waals surface area contributed by atoms with Gasteiger partial charge in [0.1, 0.15) is 6.54 Å². The quantitative estimate of drug-likeness (QED) is 0.681. The molecule has 0 spiro atoms. The topological polar surface area (TPSA) is 46.5 Å². The first-order valence-corrected chi connectivity index (χ1v) is 6.83. The largest absolute Gasteiger partial charge is 0.383 e. The van der Waals surface area contributed by atoms with Gasteiger partial charge in [-0.1, -0.05) is 0 Å². The number of nitrogens with zero attached hydrogens (tertiary/aromatic N) is 2. The summed E-state index contributed by atoms with van der Waals surface area (Å²) in [6.45, 7) is 8.30. The van der Waals surface area contributed by atoms with Gasteiger partial charge in [-0.25, -0.2) is 0 Å². The molecule has 1 aromatic rings. The number of aromatic nitrogens is 1. The first-order chi connectivity index (χ1) is 9.21. The van der Waals surface area contributed by atoms with Crippen LogP contribution in [-0.2, 0) is 22.6 Å². The summed E-state index contributed by atoms with van der Waals surface area (Å²) < 4.78 is 6.91. The maximum absolute atomic E-state index is 12.0. The normalized spacial score (nSPS) is 10.7. The second-order valence-electron chi connectivity index (χ2n) is 4.43. The highest BCUT2D eigenvalue weighted by Gasteiger charge is 2.09. The highest BCUT2D eigenvalue weighted by Crippen LogP contribution is 2.02. The van der Waals surface area contributed by atoms with E-state index in [1.807, 2.05) is 41.8 Å².